The fourth-order valence-corrected chi connectivity index (χ4v) is 2.32. The first kappa shape index (κ1) is 14.7. The van der Waals surface area contributed by atoms with Crippen molar-refractivity contribution in [1.82, 2.24) is 4.90 Å². The minimum absolute atomic E-state index is 0.162. The van der Waals surface area contributed by atoms with Crippen molar-refractivity contribution in [2.24, 2.45) is 5.92 Å². The number of nitrogens with zero attached hydrogens (tertiary/aromatic N) is 1. The van der Waals surface area contributed by atoms with Gasteiger partial charge in [-0.05, 0) is 25.2 Å². The summed E-state index contributed by atoms with van der Waals surface area (Å²) >= 11 is 0. The van der Waals surface area contributed by atoms with Crippen LogP contribution in [0.4, 0.5) is 0 Å². The topological polar surface area (TPSA) is 57.6 Å². The summed E-state index contributed by atoms with van der Waals surface area (Å²) in [6.45, 7) is 4.99. The highest BCUT2D eigenvalue weighted by atomic mass is 16.4. The molecule has 0 aromatic carbocycles. The van der Waals surface area contributed by atoms with E-state index in [9.17, 15) is 9.59 Å². The number of rotatable bonds is 6. The SMILES string of the molecule is CC(C)CCN(C(=O)C=CC(=O)O)C1CCCC1. The highest BCUT2D eigenvalue weighted by molar-refractivity contribution is 5.94. The molecular weight excluding hydrogens is 230 g/mol. The van der Waals surface area contributed by atoms with Crippen LogP contribution in [-0.4, -0.2) is 34.5 Å². The average molecular weight is 253 g/mol. The third kappa shape index (κ3) is 4.90. The normalized spacial score (nSPS) is 16.6. The first-order valence-corrected chi connectivity index (χ1v) is 6.72. The van der Waals surface area contributed by atoms with Crippen LogP contribution in [0.5, 0.6) is 0 Å². The lowest BCUT2D eigenvalue weighted by Crippen LogP contribution is -2.39. The maximum Gasteiger partial charge on any atom is 0.328 e. The molecule has 102 valence electrons. The van der Waals surface area contributed by atoms with Crippen LogP contribution in [0.2, 0.25) is 0 Å². The number of aliphatic carboxylic acids is 1. The second kappa shape index (κ2) is 7.19. The predicted molar refractivity (Wildman–Crippen MR) is 70.2 cm³/mol. The summed E-state index contributed by atoms with van der Waals surface area (Å²) in [5.74, 6) is -0.686. The van der Waals surface area contributed by atoms with Crippen LogP contribution in [0.3, 0.4) is 0 Å². The summed E-state index contributed by atoms with van der Waals surface area (Å²) < 4.78 is 0. The lowest BCUT2D eigenvalue weighted by atomic mass is 10.1. The molecule has 0 heterocycles. The van der Waals surface area contributed by atoms with Crippen molar-refractivity contribution < 1.29 is 14.7 Å². The van der Waals surface area contributed by atoms with Crippen molar-refractivity contribution in [3.05, 3.63) is 12.2 Å². The van der Waals surface area contributed by atoms with E-state index in [0.29, 0.717) is 12.0 Å². The van der Waals surface area contributed by atoms with E-state index in [0.717, 1.165) is 31.9 Å². The number of carboxylic acid groups (broad SMARTS) is 1. The van der Waals surface area contributed by atoms with Crippen molar-refractivity contribution >= 4 is 11.9 Å². The van der Waals surface area contributed by atoms with Crippen LogP contribution in [0.1, 0.15) is 46.0 Å². The Labute approximate surface area is 109 Å². The molecule has 0 aromatic heterocycles. The molecule has 4 heteroatoms. The van der Waals surface area contributed by atoms with E-state index in [4.69, 9.17) is 5.11 Å². The molecule has 1 saturated carbocycles. The van der Waals surface area contributed by atoms with Crippen molar-refractivity contribution in [3.63, 3.8) is 0 Å². The van der Waals surface area contributed by atoms with E-state index < -0.39 is 5.97 Å². The summed E-state index contributed by atoms with van der Waals surface area (Å²) in [5.41, 5.74) is 0. The van der Waals surface area contributed by atoms with Crippen LogP contribution in [0.25, 0.3) is 0 Å². The average Bonchev–Trinajstić information content (AvgIpc) is 2.79. The summed E-state index contributed by atoms with van der Waals surface area (Å²) in [4.78, 5) is 24.3. The van der Waals surface area contributed by atoms with Gasteiger partial charge in [0.1, 0.15) is 0 Å². The Kier molecular flexibility index (Phi) is 5.89. The van der Waals surface area contributed by atoms with Gasteiger partial charge in [0, 0.05) is 24.7 Å². The lowest BCUT2D eigenvalue weighted by molar-refractivity contribution is -0.132. The maximum absolute atomic E-state index is 12.0. The van der Waals surface area contributed by atoms with Crippen LogP contribution in [0.15, 0.2) is 12.2 Å². The molecule has 1 amide bonds. The monoisotopic (exact) mass is 253 g/mol. The van der Waals surface area contributed by atoms with Crippen molar-refractivity contribution in [2.45, 2.75) is 52.0 Å². The van der Waals surface area contributed by atoms with Crippen LogP contribution >= 0.6 is 0 Å². The summed E-state index contributed by atoms with van der Waals surface area (Å²) in [7, 11) is 0. The van der Waals surface area contributed by atoms with Crippen molar-refractivity contribution in [3.8, 4) is 0 Å². The predicted octanol–water partition coefficient (Wildman–Crippen LogP) is 2.44. The molecule has 0 aromatic rings. The largest absolute Gasteiger partial charge is 0.478 e. The van der Waals surface area contributed by atoms with Gasteiger partial charge in [0.15, 0.2) is 0 Å². The Hall–Kier alpha value is -1.32. The van der Waals surface area contributed by atoms with E-state index in [2.05, 4.69) is 13.8 Å². The molecule has 0 unspecified atom stereocenters. The van der Waals surface area contributed by atoms with Gasteiger partial charge in [-0.15, -0.1) is 0 Å². The van der Waals surface area contributed by atoms with Gasteiger partial charge in [-0.3, -0.25) is 4.79 Å². The molecule has 0 spiro atoms. The Morgan fingerprint density at radius 2 is 1.89 bits per heavy atom. The molecule has 0 bridgehead atoms. The third-order valence-corrected chi connectivity index (χ3v) is 3.36. The first-order valence-electron chi connectivity index (χ1n) is 6.72. The van der Waals surface area contributed by atoms with Gasteiger partial charge in [0.25, 0.3) is 0 Å². The van der Waals surface area contributed by atoms with Crippen LogP contribution < -0.4 is 0 Å². The number of amides is 1. The van der Waals surface area contributed by atoms with Crippen LogP contribution in [-0.2, 0) is 9.59 Å². The van der Waals surface area contributed by atoms with Gasteiger partial charge >= 0.3 is 5.97 Å². The summed E-state index contributed by atoms with van der Waals surface area (Å²) in [6, 6.07) is 0.301. The lowest BCUT2D eigenvalue weighted by Gasteiger charge is -2.28. The molecule has 1 aliphatic rings. The fourth-order valence-electron chi connectivity index (χ4n) is 2.32. The number of carbonyl (C=O) groups is 2. The quantitative estimate of drug-likeness (QED) is 0.740. The molecule has 18 heavy (non-hydrogen) atoms. The van der Waals surface area contributed by atoms with E-state index in [-0.39, 0.29) is 5.91 Å². The Morgan fingerprint density at radius 3 is 2.39 bits per heavy atom. The van der Waals surface area contributed by atoms with Gasteiger partial charge in [0.05, 0.1) is 0 Å². The zero-order valence-electron chi connectivity index (χ0n) is 11.3. The van der Waals surface area contributed by atoms with E-state index in [1.165, 1.54) is 18.9 Å². The Balaban J connectivity index is 2.63. The van der Waals surface area contributed by atoms with E-state index in [1.807, 2.05) is 4.90 Å². The fraction of sp³-hybridized carbons (Fsp3) is 0.714. The van der Waals surface area contributed by atoms with E-state index in [1.54, 1.807) is 0 Å². The molecule has 1 N–H and O–H groups in total. The maximum atomic E-state index is 12.0. The standard InChI is InChI=1S/C14H23NO3/c1-11(2)9-10-15(12-5-3-4-6-12)13(16)7-8-14(17)18/h7-8,11-12H,3-6,9-10H2,1-2H3,(H,17,18). The molecule has 0 radical (unpaired) electrons. The number of carboxylic acids is 1. The van der Waals surface area contributed by atoms with Gasteiger partial charge in [-0.25, -0.2) is 4.79 Å². The second-order valence-corrected chi connectivity index (χ2v) is 5.32. The smallest absolute Gasteiger partial charge is 0.328 e. The first-order chi connectivity index (χ1) is 8.50. The molecule has 1 aliphatic carbocycles. The summed E-state index contributed by atoms with van der Waals surface area (Å²) in [6.07, 6.45) is 7.50. The Morgan fingerprint density at radius 1 is 1.28 bits per heavy atom. The zero-order chi connectivity index (χ0) is 13.5. The third-order valence-electron chi connectivity index (χ3n) is 3.36. The highest BCUT2D eigenvalue weighted by Crippen LogP contribution is 2.24. The molecule has 0 atom stereocenters. The molecule has 0 saturated heterocycles. The van der Waals surface area contributed by atoms with Gasteiger partial charge in [0.2, 0.25) is 5.91 Å². The van der Waals surface area contributed by atoms with Gasteiger partial charge < -0.3 is 10.0 Å². The molecule has 1 rings (SSSR count). The number of hydrogen-bond acceptors (Lipinski definition) is 2. The molecule has 1 fully saturated rings. The molecular formula is C14H23NO3. The minimum Gasteiger partial charge on any atom is -0.478 e. The summed E-state index contributed by atoms with van der Waals surface area (Å²) in [5, 5.41) is 8.57. The number of carbonyl (C=O) groups excluding carboxylic acids is 1. The van der Waals surface area contributed by atoms with Crippen molar-refractivity contribution in [2.75, 3.05) is 6.54 Å². The van der Waals surface area contributed by atoms with Gasteiger partial charge in [-0.1, -0.05) is 26.7 Å². The zero-order valence-corrected chi connectivity index (χ0v) is 11.3. The Bertz CT molecular complexity index is 317. The minimum atomic E-state index is -1.07. The highest BCUT2D eigenvalue weighted by Gasteiger charge is 2.25. The van der Waals surface area contributed by atoms with E-state index >= 15 is 0 Å². The molecule has 0 aliphatic heterocycles. The van der Waals surface area contributed by atoms with Crippen LogP contribution in [0, 0.1) is 5.92 Å². The molecule has 4 nitrogen and oxygen atoms in total. The van der Waals surface area contributed by atoms with Crippen molar-refractivity contribution in [1.29, 1.82) is 0 Å². The van der Waals surface area contributed by atoms with Gasteiger partial charge in [-0.2, -0.15) is 0 Å². The second-order valence-electron chi connectivity index (χ2n) is 5.32. The number of hydrogen-bond donors (Lipinski definition) is 1.